The number of rotatable bonds is 8. The molecule has 0 aromatic carbocycles. The summed E-state index contributed by atoms with van der Waals surface area (Å²) in [7, 11) is -7.76. The molecule has 1 aliphatic heterocycles. The van der Waals surface area contributed by atoms with Gasteiger partial charge in [0.25, 0.3) is 0 Å². The van der Waals surface area contributed by atoms with Gasteiger partial charge < -0.3 is 19.0 Å². The van der Waals surface area contributed by atoms with E-state index in [1.165, 1.54) is 0 Å². The van der Waals surface area contributed by atoms with Gasteiger partial charge in [-0.2, -0.15) is 0 Å². The van der Waals surface area contributed by atoms with Crippen LogP contribution in [0.1, 0.15) is 40.5 Å². The molecule has 0 aromatic rings. The van der Waals surface area contributed by atoms with Crippen LogP contribution in [-0.4, -0.2) is 48.0 Å². The molecule has 1 heterocycles. The zero-order valence-corrected chi connectivity index (χ0v) is 16.1. The summed E-state index contributed by atoms with van der Waals surface area (Å²) in [5.74, 6) is 0. The summed E-state index contributed by atoms with van der Waals surface area (Å²) < 4.78 is 43.5. The van der Waals surface area contributed by atoms with Crippen molar-refractivity contribution >= 4 is 15.4 Å². The van der Waals surface area contributed by atoms with E-state index in [1.807, 2.05) is 27.7 Å². The van der Waals surface area contributed by atoms with Crippen molar-refractivity contribution in [2.75, 3.05) is 19.9 Å². The van der Waals surface area contributed by atoms with Crippen molar-refractivity contribution in [1.29, 1.82) is 0 Å². The quantitative estimate of drug-likeness (QED) is 0.493. The van der Waals surface area contributed by atoms with Crippen LogP contribution >= 0.6 is 15.4 Å². The average Bonchev–Trinajstić information content (AvgIpc) is 2.67. The summed E-state index contributed by atoms with van der Waals surface area (Å²) in [6.45, 7) is 8.73. The predicted octanol–water partition coefficient (Wildman–Crippen LogP) is 2.93. The van der Waals surface area contributed by atoms with E-state index in [-0.39, 0.29) is 37.3 Å². The topological polar surface area (TPSA) is 112 Å². The highest BCUT2D eigenvalue weighted by Crippen LogP contribution is 2.49. The maximum absolute atomic E-state index is 12.0. The molecule has 0 radical (unpaired) electrons. The Morgan fingerprint density at radius 1 is 1.17 bits per heavy atom. The van der Waals surface area contributed by atoms with Gasteiger partial charge in [-0.15, -0.1) is 0 Å². The standard InChI is InChI=1S/C13H28O8P2/c1-10-9-11(12(20-10)13(2,3)4)21-23(16,17)19-8-6-7-18-22(5,14)15/h10-12H,6-9H2,1-5H3,(H,14,15)(H,16,17). The van der Waals surface area contributed by atoms with Gasteiger partial charge >= 0.3 is 15.4 Å². The van der Waals surface area contributed by atoms with Crippen molar-refractivity contribution in [3.63, 3.8) is 0 Å². The molecule has 0 spiro atoms. The Bertz CT molecular complexity index is 469. The predicted molar refractivity (Wildman–Crippen MR) is 85.4 cm³/mol. The number of phosphoric acid groups is 1. The molecule has 0 bridgehead atoms. The van der Waals surface area contributed by atoms with Crippen molar-refractivity contribution in [1.82, 2.24) is 0 Å². The molecule has 138 valence electrons. The fourth-order valence-corrected chi connectivity index (χ4v) is 3.81. The molecule has 1 rings (SSSR count). The molecule has 0 aromatic heterocycles. The third-order valence-electron chi connectivity index (χ3n) is 3.28. The first-order valence-corrected chi connectivity index (χ1v) is 11.1. The lowest BCUT2D eigenvalue weighted by atomic mass is 9.86. The van der Waals surface area contributed by atoms with Gasteiger partial charge in [0, 0.05) is 13.1 Å². The van der Waals surface area contributed by atoms with Crippen molar-refractivity contribution in [2.24, 2.45) is 5.41 Å². The largest absolute Gasteiger partial charge is 0.472 e. The van der Waals surface area contributed by atoms with Crippen LogP contribution in [-0.2, 0) is 27.4 Å². The summed E-state index contributed by atoms with van der Waals surface area (Å²) in [6, 6.07) is 0. The van der Waals surface area contributed by atoms with E-state index < -0.39 is 21.5 Å². The first kappa shape index (κ1) is 21.3. The molecule has 8 nitrogen and oxygen atoms in total. The van der Waals surface area contributed by atoms with E-state index in [9.17, 15) is 14.0 Å². The van der Waals surface area contributed by atoms with Gasteiger partial charge in [0.2, 0.25) is 0 Å². The van der Waals surface area contributed by atoms with Crippen LogP contribution < -0.4 is 0 Å². The maximum Gasteiger partial charge on any atom is 0.472 e. The van der Waals surface area contributed by atoms with E-state index in [1.54, 1.807) is 0 Å². The molecule has 1 fully saturated rings. The zero-order valence-electron chi connectivity index (χ0n) is 14.3. The van der Waals surface area contributed by atoms with E-state index in [2.05, 4.69) is 4.52 Å². The SMILES string of the molecule is CC1CC(OP(=O)(O)OCCCOP(C)(=O)O)C(C(C)(C)C)O1. The minimum atomic E-state index is -4.22. The van der Waals surface area contributed by atoms with Gasteiger partial charge in [-0.25, -0.2) is 4.57 Å². The van der Waals surface area contributed by atoms with Gasteiger partial charge in [0.15, 0.2) is 0 Å². The second kappa shape index (κ2) is 8.07. The van der Waals surface area contributed by atoms with Crippen LogP contribution in [0.2, 0.25) is 0 Å². The van der Waals surface area contributed by atoms with Crippen LogP contribution in [0.15, 0.2) is 0 Å². The van der Waals surface area contributed by atoms with E-state index >= 15 is 0 Å². The van der Waals surface area contributed by atoms with Gasteiger partial charge in [0.05, 0.1) is 31.5 Å². The first-order chi connectivity index (χ1) is 10.3. The Labute approximate surface area is 137 Å². The number of ether oxygens (including phenoxy) is 1. The second-order valence-electron chi connectivity index (χ2n) is 6.90. The van der Waals surface area contributed by atoms with Crippen LogP contribution in [0.3, 0.4) is 0 Å². The molecule has 1 saturated heterocycles. The molecular weight excluding hydrogens is 346 g/mol. The summed E-state index contributed by atoms with van der Waals surface area (Å²) in [6.07, 6.45) is -0.161. The molecule has 0 aliphatic carbocycles. The lowest BCUT2D eigenvalue weighted by Gasteiger charge is -2.31. The monoisotopic (exact) mass is 374 g/mol. The fraction of sp³-hybridized carbons (Fsp3) is 1.00. The second-order valence-corrected chi connectivity index (χ2v) is 10.2. The van der Waals surface area contributed by atoms with E-state index in [0.717, 1.165) is 6.66 Å². The molecule has 0 amide bonds. The molecule has 23 heavy (non-hydrogen) atoms. The first-order valence-electron chi connectivity index (χ1n) is 7.56. The Morgan fingerprint density at radius 3 is 2.26 bits per heavy atom. The lowest BCUT2D eigenvalue weighted by molar-refractivity contribution is -0.0480. The van der Waals surface area contributed by atoms with Crippen molar-refractivity contribution < 1.29 is 37.2 Å². The third-order valence-corrected chi connectivity index (χ3v) is 4.98. The van der Waals surface area contributed by atoms with Gasteiger partial charge in [-0.3, -0.25) is 13.6 Å². The molecule has 5 atom stereocenters. The molecule has 0 saturated carbocycles. The Balaban J connectivity index is 2.45. The smallest absolute Gasteiger partial charge is 0.372 e. The molecule has 5 unspecified atom stereocenters. The minimum absolute atomic E-state index is 0.0432. The Hall–Kier alpha value is 0.220. The van der Waals surface area contributed by atoms with Crippen molar-refractivity contribution in [2.45, 2.75) is 58.8 Å². The van der Waals surface area contributed by atoms with Gasteiger partial charge in [0.1, 0.15) is 0 Å². The average molecular weight is 374 g/mol. The minimum Gasteiger partial charge on any atom is -0.372 e. The summed E-state index contributed by atoms with van der Waals surface area (Å²) in [5.41, 5.74) is -0.229. The van der Waals surface area contributed by atoms with Crippen LogP contribution in [0.4, 0.5) is 0 Å². The molecular formula is C13H28O8P2. The lowest BCUT2D eigenvalue weighted by Crippen LogP contribution is -2.36. The van der Waals surface area contributed by atoms with E-state index in [0.29, 0.717) is 6.42 Å². The molecule has 1 aliphatic rings. The number of hydrogen-bond acceptors (Lipinski definition) is 6. The Morgan fingerprint density at radius 2 is 1.74 bits per heavy atom. The molecule has 10 heteroatoms. The summed E-state index contributed by atoms with van der Waals surface area (Å²) in [5, 5.41) is 0. The Kier molecular flexibility index (Phi) is 7.46. The third kappa shape index (κ3) is 8.23. The fourth-order valence-electron chi connectivity index (χ4n) is 2.38. The van der Waals surface area contributed by atoms with Gasteiger partial charge in [-0.05, 0) is 18.8 Å². The summed E-state index contributed by atoms with van der Waals surface area (Å²) >= 11 is 0. The highest BCUT2D eigenvalue weighted by atomic mass is 31.2. The number of phosphoric ester groups is 1. The van der Waals surface area contributed by atoms with E-state index in [4.69, 9.17) is 18.7 Å². The van der Waals surface area contributed by atoms with Crippen LogP contribution in [0.5, 0.6) is 0 Å². The summed E-state index contributed by atoms with van der Waals surface area (Å²) in [4.78, 5) is 18.8. The van der Waals surface area contributed by atoms with Crippen LogP contribution in [0.25, 0.3) is 0 Å². The normalized spacial score (nSPS) is 30.8. The highest BCUT2D eigenvalue weighted by Gasteiger charge is 2.44. The molecule has 2 N–H and O–H groups in total. The highest BCUT2D eigenvalue weighted by molar-refractivity contribution is 7.51. The van der Waals surface area contributed by atoms with Crippen molar-refractivity contribution in [3.05, 3.63) is 0 Å². The van der Waals surface area contributed by atoms with Gasteiger partial charge in [-0.1, -0.05) is 20.8 Å². The number of hydrogen-bond donors (Lipinski definition) is 2. The van der Waals surface area contributed by atoms with Crippen LogP contribution in [0, 0.1) is 5.41 Å². The van der Waals surface area contributed by atoms with Crippen molar-refractivity contribution in [3.8, 4) is 0 Å². The maximum atomic E-state index is 12.0. The zero-order chi connectivity index (χ0) is 17.9.